The minimum Gasteiger partial charge on any atom is -0.490 e. The Balaban J connectivity index is 1.56. The van der Waals surface area contributed by atoms with Gasteiger partial charge in [-0.05, 0) is 55.9 Å². The highest BCUT2D eigenvalue weighted by molar-refractivity contribution is 5.92. The Hall–Kier alpha value is -2.82. The second-order valence-electron chi connectivity index (χ2n) is 6.56. The molecule has 5 heteroatoms. The molecule has 2 aromatic carbocycles. The molecule has 0 saturated heterocycles. The first-order valence-corrected chi connectivity index (χ1v) is 8.99. The summed E-state index contributed by atoms with van der Waals surface area (Å²) in [5, 5.41) is 12.1. The minimum atomic E-state index is -0.974. The lowest BCUT2D eigenvalue weighted by molar-refractivity contribution is -0.116. The predicted octanol–water partition coefficient (Wildman–Crippen LogP) is 4.28. The van der Waals surface area contributed by atoms with Crippen LogP contribution in [0.5, 0.6) is 5.75 Å². The number of aryl methyl sites for hydroxylation is 1. The zero-order valence-electron chi connectivity index (χ0n) is 14.6. The van der Waals surface area contributed by atoms with Crippen LogP contribution < -0.4 is 10.1 Å². The van der Waals surface area contributed by atoms with Crippen LogP contribution >= 0.6 is 0 Å². The summed E-state index contributed by atoms with van der Waals surface area (Å²) in [6.07, 6.45) is 5.45. The van der Waals surface area contributed by atoms with Gasteiger partial charge in [-0.2, -0.15) is 0 Å². The van der Waals surface area contributed by atoms with Gasteiger partial charge >= 0.3 is 5.97 Å². The Morgan fingerprint density at radius 3 is 2.62 bits per heavy atom. The van der Waals surface area contributed by atoms with Crippen molar-refractivity contribution < 1.29 is 19.4 Å². The van der Waals surface area contributed by atoms with E-state index in [-0.39, 0.29) is 24.0 Å². The Labute approximate surface area is 153 Å². The first-order valence-electron chi connectivity index (χ1n) is 8.99. The van der Waals surface area contributed by atoms with Crippen LogP contribution in [0.3, 0.4) is 0 Å². The molecule has 5 nitrogen and oxygen atoms in total. The Morgan fingerprint density at radius 1 is 1.08 bits per heavy atom. The standard InChI is InChI=1S/C21H23NO4/c23-20(13-12-15-6-1-4-11-19(15)21(24)25)22-16-7-5-10-18(14-16)26-17-8-2-3-9-17/h1,4-7,10-11,14,17H,2-3,8-9,12-13H2,(H,22,23)(H,24,25). The topological polar surface area (TPSA) is 75.6 Å². The van der Waals surface area contributed by atoms with Gasteiger partial charge in [-0.3, -0.25) is 4.79 Å². The van der Waals surface area contributed by atoms with Gasteiger partial charge in [-0.25, -0.2) is 4.79 Å². The molecule has 1 fully saturated rings. The number of hydrogen-bond donors (Lipinski definition) is 2. The van der Waals surface area contributed by atoms with E-state index >= 15 is 0 Å². The molecule has 26 heavy (non-hydrogen) atoms. The molecule has 0 spiro atoms. The maximum Gasteiger partial charge on any atom is 0.335 e. The molecule has 0 radical (unpaired) electrons. The predicted molar refractivity (Wildman–Crippen MR) is 99.7 cm³/mol. The summed E-state index contributed by atoms with van der Waals surface area (Å²) in [5.74, 6) is -0.355. The average molecular weight is 353 g/mol. The third-order valence-corrected chi connectivity index (χ3v) is 4.59. The van der Waals surface area contributed by atoms with Crippen LogP contribution in [0.2, 0.25) is 0 Å². The molecule has 1 aliphatic rings. The summed E-state index contributed by atoms with van der Waals surface area (Å²) in [7, 11) is 0. The maximum absolute atomic E-state index is 12.2. The zero-order valence-corrected chi connectivity index (χ0v) is 14.6. The second-order valence-corrected chi connectivity index (χ2v) is 6.56. The molecule has 2 aromatic rings. The van der Waals surface area contributed by atoms with Crippen molar-refractivity contribution in [2.24, 2.45) is 0 Å². The Bertz CT molecular complexity index is 781. The fourth-order valence-corrected chi connectivity index (χ4v) is 3.26. The lowest BCUT2D eigenvalue weighted by Gasteiger charge is -2.14. The lowest BCUT2D eigenvalue weighted by Crippen LogP contribution is -2.14. The van der Waals surface area contributed by atoms with Crippen molar-refractivity contribution in [3.63, 3.8) is 0 Å². The number of amides is 1. The third-order valence-electron chi connectivity index (χ3n) is 4.59. The second kappa shape index (κ2) is 8.52. The number of carbonyl (C=O) groups excluding carboxylic acids is 1. The van der Waals surface area contributed by atoms with Gasteiger partial charge in [0.25, 0.3) is 0 Å². The molecule has 0 unspecified atom stereocenters. The molecule has 0 aromatic heterocycles. The first-order chi connectivity index (χ1) is 12.6. The molecular weight excluding hydrogens is 330 g/mol. The highest BCUT2D eigenvalue weighted by Gasteiger charge is 2.16. The van der Waals surface area contributed by atoms with Crippen LogP contribution in [-0.4, -0.2) is 23.1 Å². The molecule has 1 aliphatic carbocycles. The molecule has 0 heterocycles. The molecule has 136 valence electrons. The molecule has 1 amide bonds. The summed E-state index contributed by atoms with van der Waals surface area (Å²) in [6.45, 7) is 0. The van der Waals surface area contributed by atoms with E-state index in [1.807, 2.05) is 24.3 Å². The van der Waals surface area contributed by atoms with E-state index in [9.17, 15) is 14.7 Å². The van der Waals surface area contributed by atoms with Gasteiger partial charge in [0.15, 0.2) is 0 Å². The largest absolute Gasteiger partial charge is 0.490 e. The number of carboxylic acid groups (broad SMARTS) is 1. The molecule has 0 bridgehead atoms. The minimum absolute atomic E-state index is 0.150. The summed E-state index contributed by atoms with van der Waals surface area (Å²) < 4.78 is 5.95. The summed E-state index contributed by atoms with van der Waals surface area (Å²) in [5.41, 5.74) is 1.60. The van der Waals surface area contributed by atoms with Crippen molar-refractivity contribution in [2.75, 3.05) is 5.32 Å². The fraction of sp³-hybridized carbons (Fsp3) is 0.333. The van der Waals surface area contributed by atoms with Gasteiger partial charge < -0.3 is 15.2 Å². The van der Waals surface area contributed by atoms with Gasteiger partial charge in [0.05, 0.1) is 11.7 Å². The van der Waals surface area contributed by atoms with Crippen LogP contribution in [-0.2, 0) is 11.2 Å². The first kappa shape index (κ1) is 18.0. The summed E-state index contributed by atoms with van der Waals surface area (Å²) in [6, 6.07) is 14.2. The highest BCUT2D eigenvalue weighted by Crippen LogP contribution is 2.25. The number of rotatable bonds is 7. The molecule has 3 rings (SSSR count). The van der Waals surface area contributed by atoms with Crippen LogP contribution in [0.4, 0.5) is 5.69 Å². The SMILES string of the molecule is O=C(CCc1ccccc1C(=O)O)Nc1cccc(OC2CCCC2)c1. The van der Waals surface area contributed by atoms with Gasteiger partial charge in [-0.15, -0.1) is 0 Å². The van der Waals surface area contributed by atoms with Gasteiger partial charge in [0.1, 0.15) is 5.75 Å². The van der Waals surface area contributed by atoms with Crippen molar-refractivity contribution in [3.05, 3.63) is 59.7 Å². The van der Waals surface area contributed by atoms with E-state index < -0.39 is 5.97 Å². The highest BCUT2D eigenvalue weighted by atomic mass is 16.5. The van der Waals surface area contributed by atoms with Crippen LogP contribution in [0, 0.1) is 0 Å². The molecular formula is C21H23NO4. The number of ether oxygens (including phenoxy) is 1. The van der Waals surface area contributed by atoms with E-state index in [1.165, 1.54) is 12.8 Å². The van der Waals surface area contributed by atoms with Crippen molar-refractivity contribution >= 4 is 17.6 Å². The Kier molecular flexibility index (Phi) is 5.89. The number of nitrogens with one attached hydrogen (secondary N) is 1. The number of anilines is 1. The van der Waals surface area contributed by atoms with Gasteiger partial charge in [-0.1, -0.05) is 24.3 Å². The molecule has 0 atom stereocenters. The van der Waals surface area contributed by atoms with Gasteiger partial charge in [0.2, 0.25) is 5.91 Å². The van der Waals surface area contributed by atoms with Crippen LogP contribution in [0.25, 0.3) is 0 Å². The number of aromatic carboxylic acids is 1. The zero-order chi connectivity index (χ0) is 18.4. The fourth-order valence-electron chi connectivity index (χ4n) is 3.26. The molecule has 2 N–H and O–H groups in total. The van der Waals surface area contributed by atoms with Crippen molar-refractivity contribution in [1.82, 2.24) is 0 Å². The number of benzene rings is 2. The van der Waals surface area contributed by atoms with Crippen LogP contribution in [0.15, 0.2) is 48.5 Å². The van der Waals surface area contributed by atoms with E-state index in [4.69, 9.17) is 4.74 Å². The van der Waals surface area contributed by atoms with Crippen molar-refractivity contribution in [2.45, 2.75) is 44.6 Å². The molecule has 0 aliphatic heterocycles. The smallest absolute Gasteiger partial charge is 0.335 e. The summed E-state index contributed by atoms with van der Waals surface area (Å²) >= 11 is 0. The lowest BCUT2D eigenvalue weighted by atomic mass is 10.0. The van der Waals surface area contributed by atoms with E-state index in [0.29, 0.717) is 17.7 Å². The normalized spacial score (nSPS) is 14.2. The number of hydrogen-bond acceptors (Lipinski definition) is 3. The van der Waals surface area contributed by atoms with Gasteiger partial charge in [0, 0.05) is 18.2 Å². The summed E-state index contributed by atoms with van der Waals surface area (Å²) in [4.78, 5) is 23.4. The van der Waals surface area contributed by atoms with Crippen molar-refractivity contribution in [3.8, 4) is 5.75 Å². The van der Waals surface area contributed by atoms with E-state index in [2.05, 4.69) is 5.32 Å². The van der Waals surface area contributed by atoms with E-state index in [0.717, 1.165) is 18.6 Å². The maximum atomic E-state index is 12.2. The number of carboxylic acids is 1. The molecule has 1 saturated carbocycles. The Morgan fingerprint density at radius 2 is 1.85 bits per heavy atom. The number of carbonyl (C=O) groups is 2. The monoisotopic (exact) mass is 353 g/mol. The average Bonchev–Trinajstić information content (AvgIpc) is 3.13. The van der Waals surface area contributed by atoms with Crippen LogP contribution in [0.1, 0.15) is 48.0 Å². The quantitative estimate of drug-likeness (QED) is 0.779. The van der Waals surface area contributed by atoms with Crippen molar-refractivity contribution in [1.29, 1.82) is 0 Å². The van der Waals surface area contributed by atoms with E-state index in [1.54, 1.807) is 24.3 Å². The third kappa shape index (κ3) is 4.85.